The third-order valence-electron chi connectivity index (χ3n) is 4.46. The molecule has 3 aromatic rings. The van der Waals surface area contributed by atoms with Gasteiger partial charge < -0.3 is 10.1 Å². The number of rotatable bonds is 6. The largest absolute Gasteiger partial charge is 0.450 e. The molecule has 1 heterocycles. The molecule has 0 bridgehead atoms. The van der Waals surface area contributed by atoms with E-state index in [0.717, 1.165) is 12.1 Å². The van der Waals surface area contributed by atoms with Crippen LogP contribution in [-0.4, -0.2) is 20.9 Å². The van der Waals surface area contributed by atoms with Gasteiger partial charge in [0.05, 0.1) is 26.5 Å². The fourth-order valence-electron chi connectivity index (χ4n) is 2.87. The number of aliphatic imine (C=N–C) groups is 1. The van der Waals surface area contributed by atoms with E-state index in [1.807, 2.05) is 0 Å². The number of thioether (sulfide) groups is 1. The number of ether oxygens (including phenoxy) is 1. The molecule has 10 nitrogen and oxygen atoms in total. The lowest BCUT2D eigenvalue weighted by molar-refractivity contribution is -0.394. The average molecular weight is 497 g/mol. The van der Waals surface area contributed by atoms with Crippen LogP contribution in [0.4, 0.5) is 17.1 Å². The Balaban J connectivity index is 1.49. The second kappa shape index (κ2) is 9.73. The first-order valence-corrected chi connectivity index (χ1v) is 10.7. The SMILES string of the molecule is O=C1NC(=Nc2ccc(Cl)cc2)S/C1=C\c1ccc(Oc2ccc([N+](=O)[O-])cc2[N+](=O)[O-])cc1. The molecular weight excluding hydrogens is 484 g/mol. The van der Waals surface area contributed by atoms with Gasteiger partial charge in [-0.25, -0.2) is 4.99 Å². The predicted molar refractivity (Wildman–Crippen MR) is 129 cm³/mol. The van der Waals surface area contributed by atoms with Crippen molar-refractivity contribution in [1.29, 1.82) is 0 Å². The Bertz CT molecular complexity index is 1360. The number of hydrogen-bond donors (Lipinski definition) is 1. The lowest BCUT2D eigenvalue weighted by Crippen LogP contribution is -2.19. The van der Waals surface area contributed by atoms with Crippen LogP contribution in [0.5, 0.6) is 11.5 Å². The summed E-state index contributed by atoms with van der Waals surface area (Å²) in [4.78, 5) is 37.7. The van der Waals surface area contributed by atoms with Crippen molar-refractivity contribution in [2.45, 2.75) is 0 Å². The van der Waals surface area contributed by atoms with Crippen LogP contribution in [0, 0.1) is 20.2 Å². The van der Waals surface area contributed by atoms with Gasteiger partial charge in [-0.2, -0.15) is 0 Å². The number of nitrogens with zero attached hydrogens (tertiary/aromatic N) is 3. The second-order valence-electron chi connectivity index (χ2n) is 6.80. The highest BCUT2D eigenvalue weighted by molar-refractivity contribution is 8.18. The Morgan fingerprint density at radius 2 is 1.68 bits per heavy atom. The molecule has 4 rings (SSSR count). The van der Waals surface area contributed by atoms with Crippen molar-refractivity contribution in [2.24, 2.45) is 4.99 Å². The molecule has 0 atom stereocenters. The summed E-state index contributed by atoms with van der Waals surface area (Å²) in [5.41, 5.74) is 0.408. The number of benzene rings is 3. The van der Waals surface area contributed by atoms with Crippen molar-refractivity contribution in [3.63, 3.8) is 0 Å². The normalized spacial score (nSPS) is 15.4. The number of carbonyl (C=O) groups excluding carboxylic acids is 1. The third kappa shape index (κ3) is 5.39. The number of amidine groups is 1. The van der Waals surface area contributed by atoms with Crippen LogP contribution in [0.15, 0.2) is 76.6 Å². The molecule has 0 radical (unpaired) electrons. The number of nitro benzene ring substituents is 2. The highest BCUT2D eigenvalue weighted by atomic mass is 35.5. The monoisotopic (exact) mass is 496 g/mol. The fraction of sp³-hybridized carbons (Fsp3) is 0. The fourth-order valence-corrected chi connectivity index (χ4v) is 3.84. The van der Waals surface area contributed by atoms with E-state index in [2.05, 4.69) is 10.3 Å². The van der Waals surface area contributed by atoms with Gasteiger partial charge in [0.15, 0.2) is 5.17 Å². The summed E-state index contributed by atoms with van der Waals surface area (Å²) >= 11 is 7.05. The zero-order valence-electron chi connectivity index (χ0n) is 17.0. The van der Waals surface area contributed by atoms with E-state index in [1.54, 1.807) is 54.6 Å². The molecule has 0 saturated carbocycles. The summed E-state index contributed by atoms with van der Waals surface area (Å²) in [7, 11) is 0. The summed E-state index contributed by atoms with van der Waals surface area (Å²) in [5, 5.41) is 25.8. The van der Waals surface area contributed by atoms with Gasteiger partial charge >= 0.3 is 5.69 Å². The van der Waals surface area contributed by atoms with Crippen LogP contribution >= 0.6 is 23.4 Å². The number of halogens is 1. The summed E-state index contributed by atoms with van der Waals surface area (Å²) in [5.74, 6) is -0.136. The maximum absolute atomic E-state index is 12.3. The Morgan fingerprint density at radius 1 is 0.971 bits per heavy atom. The number of non-ortho nitro benzene ring substituents is 1. The first-order valence-electron chi connectivity index (χ1n) is 9.54. The molecule has 1 amide bonds. The molecular formula is C22H13ClN4O6S. The molecule has 1 N–H and O–H groups in total. The predicted octanol–water partition coefficient (Wildman–Crippen LogP) is 5.84. The molecule has 3 aromatic carbocycles. The summed E-state index contributed by atoms with van der Waals surface area (Å²) in [6.45, 7) is 0. The van der Waals surface area contributed by atoms with Crippen LogP contribution in [-0.2, 0) is 4.79 Å². The summed E-state index contributed by atoms with van der Waals surface area (Å²) in [6, 6.07) is 16.5. The number of amides is 1. The standard InChI is InChI=1S/C22H13ClN4O6S/c23-14-3-5-15(6-4-14)24-22-25-21(28)20(34-22)11-13-1-8-17(9-2-13)33-19-10-7-16(26(29)30)12-18(19)27(31)32/h1-12H,(H,24,25,28)/b20-11-. The van der Waals surface area contributed by atoms with E-state index < -0.39 is 21.2 Å². The molecule has 1 aliphatic rings. The molecule has 1 aliphatic heterocycles. The van der Waals surface area contributed by atoms with E-state index in [9.17, 15) is 25.0 Å². The lowest BCUT2D eigenvalue weighted by atomic mass is 10.2. The maximum Gasteiger partial charge on any atom is 0.318 e. The Morgan fingerprint density at radius 3 is 2.32 bits per heavy atom. The van der Waals surface area contributed by atoms with Crippen LogP contribution in [0.2, 0.25) is 5.02 Å². The van der Waals surface area contributed by atoms with Gasteiger partial charge in [0, 0.05) is 11.1 Å². The van der Waals surface area contributed by atoms with E-state index in [4.69, 9.17) is 16.3 Å². The summed E-state index contributed by atoms with van der Waals surface area (Å²) in [6.07, 6.45) is 1.67. The van der Waals surface area contributed by atoms with Crippen molar-refractivity contribution >= 4 is 57.6 Å². The van der Waals surface area contributed by atoms with Crippen LogP contribution < -0.4 is 10.1 Å². The average Bonchev–Trinajstić information content (AvgIpc) is 3.15. The molecule has 0 aromatic heterocycles. The smallest absolute Gasteiger partial charge is 0.318 e. The lowest BCUT2D eigenvalue weighted by Gasteiger charge is -2.06. The Hall–Kier alpha value is -4.22. The topological polar surface area (TPSA) is 137 Å². The molecule has 0 unspecified atom stereocenters. The van der Waals surface area contributed by atoms with Crippen LogP contribution in [0.25, 0.3) is 6.08 Å². The Kier molecular flexibility index (Phi) is 6.57. The minimum atomic E-state index is -0.750. The zero-order chi connectivity index (χ0) is 24.2. The number of nitro groups is 2. The van der Waals surface area contributed by atoms with Crippen molar-refractivity contribution in [3.05, 3.63) is 102 Å². The van der Waals surface area contributed by atoms with E-state index >= 15 is 0 Å². The quantitative estimate of drug-likeness (QED) is 0.257. The number of carbonyl (C=O) groups is 1. The van der Waals surface area contributed by atoms with Crippen molar-refractivity contribution in [1.82, 2.24) is 5.32 Å². The van der Waals surface area contributed by atoms with Crippen LogP contribution in [0.3, 0.4) is 0 Å². The zero-order valence-corrected chi connectivity index (χ0v) is 18.6. The maximum atomic E-state index is 12.3. The van der Waals surface area contributed by atoms with Crippen molar-refractivity contribution < 1.29 is 19.4 Å². The molecule has 12 heteroatoms. The van der Waals surface area contributed by atoms with E-state index in [-0.39, 0.29) is 17.4 Å². The molecule has 170 valence electrons. The van der Waals surface area contributed by atoms with Gasteiger partial charge in [-0.15, -0.1) is 0 Å². The summed E-state index contributed by atoms with van der Waals surface area (Å²) < 4.78 is 5.55. The highest BCUT2D eigenvalue weighted by Gasteiger charge is 2.24. The first-order chi connectivity index (χ1) is 16.3. The first kappa shape index (κ1) is 23.0. The molecule has 34 heavy (non-hydrogen) atoms. The van der Waals surface area contributed by atoms with Gasteiger partial charge in [0.1, 0.15) is 5.75 Å². The van der Waals surface area contributed by atoms with Crippen molar-refractivity contribution in [3.8, 4) is 11.5 Å². The molecule has 0 spiro atoms. The number of nitrogens with one attached hydrogen (secondary N) is 1. The molecule has 1 fully saturated rings. The van der Waals surface area contributed by atoms with Gasteiger partial charge in [-0.05, 0) is 65.9 Å². The van der Waals surface area contributed by atoms with Crippen LogP contribution in [0.1, 0.15) is 5.56 Å². The minimum Gasteiger partial charge on any atom is -0.450 e. The minimum absolute atomic E-state index is 0.129. The molecule has 0 aliphatic carbocycles. The van der Waals surface area contributed by atoms with E-state index in [0.29, 0.717) is 26.3 Å². The molecule has 1 saturated heterocycles. The van der Waals surface area contributed by atoms with Gasteiger partial charge in [-0.3, -0.25) is 25.0 Å². The third-order valence-corrected chi connectivity index (χ3v) is 5.63. The van der Waals surface area contributed by atoms with Gasteiger partial charge in [0.2, 0.25) is 5.75 Å². The van der Waals surface area contributed by atoms with Gasteiger partial charge in [0.25, 0.3) is 11.6 Å². The van der Waals surface area contributed by atoms with Gasteiger partial charge in [-0.1, -0.05) is 23.7 Å². The van der Waals surface area contributed by atoms with Crippen molar-refractivity contribution in [2.75, 3.05) is 0 Å². The highest BCUT2D eigenvalue weighted by Crippen LogP contribution is 2.35. The Labute approximate surface area is 201 Å². The second-order valence-corrected chi connectivity index (χ2v) is 8.26. The van der Waals surface area contributed by atoms with E-state index in [1.165, 1.54) is 17.8 Å². The number of hydrogen-bond acceptors (Lipinski definition) is 8.